The van der Waals surface area contributed by atoms with Gasteiger partial charge in [0.2, 0.25) is 0 Å². The molecule has 1 aromatic carbocycles. The van der Waals surface area contributed by atoms with Crippen LogP contribution >= 0.6 is 0 Å². The van der Waals surface area contributed by atoms with Gasteiger partial charge < -0.3 is 9.26 Å². The molecule has 1 atom stereocenters. The van der Waals surface area contributed by atoms with Crippen LogP contribution in [0, 0.1) is 0 Å². The summed E-state index contributed by atoms with van der Waals surface area (Å²) in [5.74, 6) is 1.28. The summed E-state index contributed by atoms with van der Waals surface area (Å²) < 4.78 is 12.3. The summed E-state index contributed by atoms with van der Waals surface area (Å²) in [7, 11) is 0. The minimum Gasteiger partial charge on any atom is -0.381 e. The molecule has 0 radical (unpaired) electrons. The van der Waals surface area contributed by atoms with Gasteiger partial charge in [-0.1, -0.05) is 28.6 Å². The van der Waals surface area contributed by atoms with Crippen LogP contribution < -0.4 is 0 Å². The standard InChI is InChI=1S/C14H13N5O2/c1-2-4-11(5-3-1)19-8-12(16-18-19)14-15-13(17-21-14)10-6-7-20-9-10/h1-5,8,10H,6-7,9H2/t10-/m1/s1. The smallest absolute Gasteiger partial charge is 0.280 e. The van der Waals surface area contributed by atoms with Crippen LogP contribution in [0.4, 0.5) is 0 Å². The Balaban J connectivity index is 1.61. The van der Waals surface area contributed by atoms with E-state index in [0.717, 1.165) is 18.7 Å². The lowest BCUT2D eigenvalue weighted by Gasteiger charge is -1.97. The molecule has 0 spiro atoms. The zero-order valence-corrected chi connectivity index (χ0v) is 11.2. The highest BCUT2D eigenvalue weighted by Crippen LogP contribution is 2.24. The normalized spacial score (nSPS) is 18.2. The highest BCUT2D eigenvalue weighted by atomic mass is 16.5. The van der Waals surface area contributed by atoms with Gasteiger partial charge in [0.15, 0.2) is 11.5 Å². The van der Waals surface area contributed by atoms with E-state index >= 15 is 0 Å². The van der Waals surface area contributed by atoms with E-state index in [1.165, 1.54) is 0 Å². The number of aromatic nitrogens is 5. The zero-order chi connectivity index (χ0) is 14.1. The molecule has 0 bridgehead atoms. The largest absolute Gasteiger partial charge is 0.381 e. The highest BCUT2D eigenvalue weighted by Gasteiger charge is 2.24. The average Bonchev–Trinajstić information content (AvgIpc) is 3.27. The average molecular weight is 283 g/mol. The molecular weight excluding hydrogens is 270 g/mol. The van der Waals surface area contributed by atoms with Crippen LogP contribution in [0.1, 0.15) is 18.2 Å². The van der Waals surface area contributed by atoms with E-state index in [1.807, 2.05) is 30.3 Å². The van der Waals surface area contributed by atoms with Crippen molar-refractivity contribution in [3.63, 3.8) is 0 Å². The van der Waals surface area contributed by atoms with Gasteiger partial charge in [-0.15, -0.1) is 5.10 Å². The summed E-state index contributed by atoms with van der Waals surface area (Å²) in [4.78, 5) is 4.40. The van der Waals surface area contributed by atoms with Crippen molar-refractivity contribution in [3.8, 4) is 17.3 Å². The maximum atomic E-state index is 5.33. The number of rotatable bonds is 3. The molecule has 7 nitrogen and oxygen atoms in total. The molecule has 3 heterocycles. The molecular formula is C14H13N5O2. The van der Waals surface area contributed by atoms with Crippen LogP contribution in [-0.4, -0.2) is 38.3 Å². The SMILES string of the molecule is c1ccc(-n2cc(-c3nc([C@@H]4CCOC4)no3)nn2)cc1. The molecule has 0 unspecified atom stereocenters. The van der Waals surface area contributed by atoms with E-state index in [0.29, 0.717) is 24.0 Å². The summed E-state index contributed by atoms with van der Waals surface area (Å²) in [5, 5.41) is 12.2. The van der Waals surface area contributed by atoms with Crippen molar-refractivity contribution in [1.82, 2.24) is 25.1 Å². The Bertz CT molecular complexity index is 731. The summed E-state index contributed by atoms with van der Waals surface area (Å²) in [6.07, 6.45) is 2.70. The van der Waals surface area contributed by atoms with Gasteiger partial charge in [0.25, 0.3) is 5.89 Å². The molecule has 3 aromatic rings. The molecule has 21 heavy (non-hydrogen) atoms. The lowest BCUT2D eigenvalue weighted by atomic mass is 10.1. The van der Waals surface area contributed by atoms with Gasteiger partial charge in [-0.05, 0) is 18.6 Å². The number of benzene rings is 1. The van der Waals surface area contributed by atoms with Crippen LogP contribution in [0.15, 0.2) is 41.1 Å². The van der Waals surface area contributed by atoms with Gasteiger partial charge in [-0.25, -0.2) is 4.68 Å². The first-order valence-electron chi connectivity index (χ1n) is 6.79. The lowest BCUT2D eigenvalue weighted by molar-refractivity contribution is 0.192. The molecule has 1 saturated heterocycles. The maximum Gasteiger partial charge on any atom is 0.280 e. The van der Waals surface area contributed by atoms with E-state index in [1.54, 1.807) is 10.9 Å². The van der Waals surface area contributed by atoms with Crippen molar-refractivity contribution in [3.05, 3.63) is 42.4 Å². The Morgan fingerprint density at radius 1 is 1.19 bits per heavy atom. The van der Waals surface area contributed by atoms with Crippen LogP contribution in [0.25, 0.3) is 17.3 Å². The number of hydrogen-bond acceptors (Lipinski definition) is 6. The van der Waals surface area contributed by atoms with Crippen molar-refractivity contribution in [1.29, 1.82) is 0 Å². The molecule has 1 fully saturated rings. The van der Waals surface area contributed by atoms with Gasteiger partial charge in [0.05, 0.1) is 18.5 Å². The minimum absolute atomic E-state index is 0.215. The van der Waals surface area contributed by atoms with E-state index in [9.17, 15) is 0 Å². The second-order valence-electron chi connectivity index (χ2n) is 4.90. The van der Waals surface area contributed by atoms with Gasteiger partial charge in [0, 0.05) is 12.5 Å². The minimum atomic E-state index is 0.215. The molecule has 1 aliphatic heterocycles. The van der Waals surface area contributed by atoms with Crippen LogP contribution in [0.5, 0.6) is 0 Å². The Kier molecular flexibility index (Phi) is 2.97. The van der Waals surface area contributed by atoms with Crippen molar-refractivity contribution >= 4 is 0 Å². The van der Waals surface area contributed by atoms with Gasteiger partial charge in [-0.2, -0.15) is 4.98 Å². The van der Waals surface area contributed by atoms with E-state index in [2.05, 4.69) is 20.5 Å². The third-order valence-electron chi connectivity index (χ3n) is 3.47. The van der Waals surface area contributed by atoms with Crippen molar-refractivity contribution in [2.45, 2.75) is 12.3 Å². The predicted octanol–water partition coefficient (Wildman–Crippen LogP) is 1.82. The zero-order valence-electron chi connectivity index (χ0n) is 11.2. The van der Waals surface area contributed by atoms with E-state index < -0.39 is 0 Å². The van der Waals surface area contributed by atoms with Crippen LogP contribution in [-0.2, 0) is 4.74 Å². The van der Waals surface area contributed by atoms with Crippen LogP contribution in [0.3, 0.4) is 0 Å². The van der Waals surface area contributed by atoms with Crippen molar-refractivity contribution in [2.24, 2.45) is 0 Å². The number of hydrogen-bond donors (Lipinski definition) is 0. The Hall–Kier alpha value is -2.54. The molecule has 1 aliphatic rings. The number of nitrogens with zero attached hydrogens (tertiary/aromatic N) is 5. The van der Waals surface area contributed by atoms with Gasteiger partial charge in [0.1, 0.15) is 0 Å². The molecule has 2 aromatic heterocycles. The van der Waals surface area contributed by atoms with E-state index in [-0.39, 0.29) is 5.92 Å². The van der Waals surface area contributed by atoms with E-state index in [4.69, 9.17) is 9.26 Å². The maximum absolute atomic E-state index is 5.33. The first-order chi connectivity index (χ1) is 10.4. The quantitative estimate of drug-likeness (QED) is 0.729. The Morgan fingerprint density at radius 2 is 2.10 bits per heavy atom. The molecule has 0 N–H and O–H groups in total. The third-order valence-corrected chi connectivity index (χ3v) is 3.47. The summed E-state index contributed by atoms with van der Waals surface area (Å²) in [6, 6.07) is 9.75. The molecule has 0 aliphatic carbocycles. The second-order valence-corrected chi connectivity index (χ2v) is 4.90. The Labute approximate surface area is 120 Å². The molecule has 0 saturated carbocycles. The fourth-order valence-electron chi connectivity index (χ4n) is 2.31. The first-order valence-corrected chi connectivity index (χ1v) is 6.79. The van der Waals surface area contributed by atoms with Crippen molar-refractivity contribution in [2.75, 3.05) is 13.2 Å². The predicted molar refractivity (Wildman–Crippen MR) is 72.8 cm³/mol. The van der Waals surface area contributed by atoms with Gasteiger partial charge in [-0.3, -0.25) is 0 Å². The lowest BCUT2D eigenvalue weighted by Crippen LogP contribution is -1.99. The first kappa shape index (κ1) is 12.2. The fraction of sp³-hybridized carbons (Fsp3) is 0.286. The Morgan fingerprint density at radius 3 is 2.90 bits per heavy atom. The third kappa shape index (κ3) is 2.31. The van der Waals surface area contributed by atoms with Crippen LogP contribution in [0.2, 0.25) is 0 Å². The molecule has 7 heteroatoms. The van der Waals surface area contributed by atoms with Gasteiger partial charge >= 0.3 is 0 Å². The molecule has 4 rings (SSSR count). The molecule has 0 amide bonds. The summed E-state index contributed by atoms with van der Waals surface area (Å²) >= 11 is 0. The highest BCUT2D eigenvalue weighted by molar-refractivity contribution is 5.45. The second kappa shape index (κ2) is 5.10. The number of ether oxygens (including phenoxy) is 1. The topological polar surface area (TPSA) is 78.9 Å². The monoisotopic (exact) mass is 283 g/mol. The summed E-state index contributed by atoms with van der Waals surface area (Å²) in [5.41, 5.74) is 1.50. The van der Waals surface area contributed by atoms with Crippen molar-refractivity contribution < 1.29 is 9.26 Å². The number of para-hydroxylation sites is 1. The summed E-state index contributed by atoms with van der Waals surface area (Å²) in [6.45, 7) is 1.40. The molecule has 106 valence electrons. The fourth-order valence-corrected chi connectivity index (χ4v) is 2.31.